The Bertz CT molecular complexity index is 628. The molecule has 0 saturated carbocycles. The number of aromatic carboxylic acids is 1. The quantitative estimate of drug-likeness (QED) is 0.801. The minimum Gasteiger partial charge on any atom is -0.476 e. The number of carboxylic acid groups (broad SMARTS) is 1. The van der Waals surface area contributed by atoms with Crippen molar-refractivity contribution in [3.05, 3.63) is 17.0 Å². The summed E-state index contributed by atoms with van der Waals surface area (Å²) in [5.74, 6) is -0.963. The van der Waals surface area contributed by atoms with Crippen LogP contribution >= 0.6 is 0 Å². The van der Waals surface area contributed by atoms with E-state index in [1.165, 1.54) is 0 Å². The number of ether oxygens (including phenoxy) is 1. The molecule has 0 radical (unpaired) electrons. The molecule has 0 aromatic carbocycles. The molecule has 1 atom stereocenters. The standard InChI is InChI=1S/C16H24N4O4/c1-2-20-13-5-4-11(10-12(13)14(18-20)15(21)22)17-6-8-19-7-3-9-24-16(19)23/h11,17H,2-10H2,1H3,(H,21,22)/t11-/m1/s1. The fourth-order valence-corrected chi connectivity index (χ4v) is 3.50. The molecule has 24 heavy (non-hydrogen) atoms. The van der Waals surface area contributed by atoms with Crippen LogP contribution in [-0.2, 0) is 24.1 Å². The van der Waals surface area contributed by atoms with Crippen molar-refractivity contribution in [3.63, 3.8) is 0 Å². The molecule has 1 aliphatic carbocycles. The fraction of sp³-hybridized carbons (Fsp3) is 0.688. The van der Waals surface area contributed by atoms with Gasteiger partial charge in [0, 0.05) is 43.5 Å². The zero-order valence-corrected chi connectivity index (χ0v) is 14.0. The predicted molar refractivity (Wildman–Crippen MR) is 86.2 cm³/mol. The average molecular weight is 336 g/mol. The molecular formula is C16H24N4O4. The van der Waals surface area contributed by atoms with Crippen LogP contribution in [0.4, 0.5) is 4.79 Å². The van der Waals surface area contributed by atoms with Crippen molar-refractivity contribution in [2.24, 2.45) is 0 Å². The van der Waals surface area contributed by atoms with Crippen LogP contribution in [0.2, 0.25) is 0 Å². The highest BCUT2D eigenvalue weighted by atomic mass is 16.6. The van der Waals surface area contributed by atoms with E-state index < -0.39 is 5.97 Å². The Labute approximate surface area is 140 Å². The molecule has 1 aromatic rings. The monoisotopic (exact) mass is 336 g/mol. The van der Waals surface area contributed by atoms with Gasteiger partial charge in [-0.2, -0.15) is 5.10 Å². The molecule has 1 aliphatic heterocycles. The third-order valence-electron chi connectivity index (χ3n) is 4.72. The molecule has 8 heteroatoms. The summed E-state index contributed by atoms with van der Waals surface area (Å²) in [6.45, 7) is 5.20. The number of amides is 1. The van der Waals surface area contributed by atoms with E-state index in [9.17, 15) is 14.7 Å². The number of hydrogen-bond acceptors (Lipinski definition) is 5. The molecule has 1 saturated heterocycles. The minimum absolute atomic E-state index is 0.179. The van der Waals surface area contributed by atoms with Crippen LogP contribution in [0.3, 0.4) is 0 Å². The van der Waals surface area contributed by atoms with E-state index in [2.05, 4.69) is 10.4 Å². The highest BCUT2D eigenvalue weighted by Crippen LogP contribution is 2.25. The van der Waals surface area contributed by atoms with Gasteiger partial charge in [-0.15, -0.1) is 0 Å². The second-order valence-corrected chi connectivity index (χ2v) is 6.24. The molecule has 1 fully saturated rings. The van der Waals surface area contributed by atoms with E-state index in [4.69, 9.17) is 4.74 Å². The maximum absolute atomic E-state index is 11.6. The number of aromatic nitrogens is 2. The Morgan fingerprint density at radius 3 is 3.04 bits per heavy atom. The lowest BCUT2D eigenvalue weighted by Crippen LogP contribution is -2.44. The maximum Gasteiger partial charge on any atom is 0.409 e. The van der Waals surface area contributed by atoms with Crippen LogP contribution in [0.5, 0.6) is 0 Å². The summed E-state index contributed by atoms with van der Waals surface area (Å²) >= 11 is 0. The highest BCUT2D eigenvalue weighted by Gasteiger charge is 2.28. The summed E-state index contributed by atoms with van der Waals surface area (Å²) in [6, 6.07) is 0.214. The van der Waals surface area contributed by atoms with Crippen LogP contribution in [0.15, 0.2) is 0 Å². The molecule has 2 N–H and O–H groups in total. The minimum atomic E-state index is -0.963. The van der Waals surface area contributed by atoms with Crippen molar-refractivity contribution < 1.29 is 19.4 Å². The zero-order valence-electron chi connectivity index (χ0n) is 14.0. The zero-order chi connectivity index (χ0) is 17.1. The molecule has 1 aromatic heterocycles. The molecule has 1 amide bonds. The normalized spacial score (nSPS) is 20.6. The van der Waals surface area contributed by atoms with Gasteiger partial charge in [-0.05, 0) is 32.6 Å². The lowest BCUT2D eigenvalue weighted by atomic mass is 9.91. The van der Waals surface area contributed by atoms with Crippen molar-refractivity contribution in [3.8, 4) is 0 Å². The van der Waals surface area contributed by atoms with Gasteiger partial charge in [-0.25, -0.2) is 9.59 Å². The summed E-state index contributed by atoms with van der Waals surface area (Å²) in [7, 11) is 0. The lowest BCUT2D eigenvalue weighted by Gasteiger charge is -2.28. The second-order valence-electron chi connectivity index (χ2n) is 6.24. The molecule has 0 unspecified atom stereocenters. The van der Waals surface area contributed by atoms with Gasteiger partial charge in [0.2, 0.25) is 0 Å². The molecule has 132 valence electrons. The molecular weight excluding hydrogens is 312 g/mol. The number of carboxylic acids is 1. The predicted octanol–water partition coefficient (Wildman–Crippen LogP) is 0.890. The van der Waals surface area contributed by atoms with E-state index in [-0.39, 0.29) is 17.8 Å². The van der Waals surface area contributed by atoms with Gasteiger partial charge < -0.3 is 20.1 Å². The summed E-state index contributed by atoms with van der Waals surface area (Å²) in [5.41, 5.74) is 2.08. The van der Waals surface area contributed by atoms with Gasteiger partial charge in [0.05, 0.1) is 6.61 Å². The molecule has 0 bridgehead atoms. The van der Waals surface area contributed by atoms with Crippen LogP contribution in [0.1, 0.15) is 41.5 Å². The molecule has 8 nitrogen and oxygen atoms in total. The second kappa shape index (κ2) is 7.21. The number of cyclic esters (lactones) is 1. The first-order valence-corrected chi connectivity index (χ1v) is 8.57. The number of carbonyl (C=O) groups excluding carboxylic acids is 1. The lowest BCUT2D eigenvalue weighted by molar-refractivity contribution is 0.0685. The molecule has 2 aliphatic rings. The molecule has 3 rings (SSSR count). The third kappa shape index (κ3) is 3.38. The Morgan fingerprint density at radius 2 is 2.33 bits per heavy atom. The van der Waals surface area contributed by atoms with Crippen LogP contribution in [0.25, 0.3) is 0 Å². The first kappa shape index (κ1) is 16.8. The average Bonchev–Trinajstić information content (AvgIpc) is 2.95. The Hall–Kier alpha value is -2.09. The SMILES string of the molecule is CCn1nc(C(=O)O)c2c1CC[C@@H](NCCN1CCCOC1=O)C2. The Morgan fingerprint density at radius 1 is 1.50 bits per heavy atom. The van der Waals surface area contributed by atoms with Crippen molar-refractivity contribution >= 4 is 12.1 Å². The van der Waals surface area contributed by atoms with Gasteiger partial charge >= 0.3 is 12.1 Å². The van der Waals surface area contributed by atoms with E-state index in [0.717, 1.165) is 37.1 Å². The summed E-state index contributed by atoms with van der Waals surface area (Å²) in [6.07, 6.45) is 3.07. The number of rotatable bonds is 6. The van der Waals surface area contributed by atoms with Gasteiger partial charge in [-0.1, -0.05) is 0 Å². The van der Waals surface area contributed by atoms with Gasteiger partial charge in [0.1, 0.15) is 0 Å². The Balaban J connectivity index is 1.58. The van der Waals surface area contributed by atoms with Crippen molar-refractivity contribution in [1.82, 2.24) is 20.0 Å². The summed E-state index contributed by atoms with van der Waals surface area (Å²) in [4.78, 5) is 24.7. The van der Waals surface area contributed by atoms with Crippen molar-refractivity contribution in [2.45, 2.75) is 45.2 Å². The largest absolute Gasteiger partial charge is 0.476 e. The number of aryl methyl sites for hydroxylation is 1. The van der Waals surface area contributed by atoms with Crippen molar-refractivity contribution in [1.29, 1.82) is 0 Å². The Kier molecular flexibility index (Phi) is 5.03. The number of hydrogen-bond donors (Lipinski definition) is 2. The van der Waals surface area contributed by atoms with Crippen LogP contribution in [-0.4, -0.2) is 64.1 Å². The topological polar surface area (TPSA) is 96.7 Å². The van der Waals surface area contributed by atoms with Crippen LogP contribution in [0, 0.1) is 0 Å². The van der Waals surface area contributed by atoms with E-state index >= 15 is 0 Å². The van der Waals surface area contributed by atoms with E-state index in [0.29, 0.717) is 32.7 Å². The van der Waals surface area contributed by atoms with Gasteiger partial charge in [0.25, 0.3) is 0 Å². The number of carbonyl (C=O) groups is 2. The maximum atomic E-state index is 11.6. The first-order valence-electron chi connectivity index (χ1n) is 8.57. The van der Waals surface area contributed by atoms with Gasteiger partial charge in [0.15, 0.2) is 5.69 Å². The fourth-order valence-electron chi connectivity index (χ4n) is 3.50. The van der Waals surface area contributed by atoms with E-state index in [1.807, 2.05) is 6.92 Å². The number of fused-ring (bicyclic) bond motifs is 1. The highest BCUT2D eigenvalue weighted by molar-refractivity contribution is 5.87. The molecule has 2 heterocycles. The summed E-state index contributed by atoms with van der Waals surface area (Å²) < 4.78 is 6.82. The number of nitrogens with zero attached hydrogens (tertiary/aromatic N) is 3. The van der Waals surface area contributed by atoms with Crippen LogP contribution < -0.4 is 5.32 Å². The van der Waals surface area contributed by atoms with E-state index in [1.54, 1.807) is 9.58 Å². The first-order chi connectivity index (χ1) is 11.6. The molecule has 0 spiro atoms. The van der Waals surface area contributed by atoms with Gasteiger partial charge in [-0.3, -0.25) is 4.68 Å². The smallest absolute Gasteiger partial charge is 0.409 e. The number of nitrogens with one attached hydrogen (secondary N) is 1. The van der Waals surface area contributed by atoms with Crippen molar-refractivity contribution in [2.75, 3.05) is 26.2 Å². The summed E-state index contributed by atoms with van der Waals surface area (Å²) in [5, 5.41) is 17.0. The third-order valence-corrected chi connectivity index (χ3v) is 4.72.